The largest absolute Gasteiger partial charge is 0.408 e. The van der Waals surface area contributed by atoms with Crippen molar-refractivity contribution in [1.29, 1.82) is 0 Å². The molecule has 1 aromatic rings. The molecule has 166 valence electrons. The summed E-state index contributed by atoms with van der Waals surface area (Å²) in [5.74, 6) is -3.92. The number of nitrogens with zero attached hydrogens (tertiary/aromatic N) is 3. The number of halogens is 8. The summed E-state index contributed by atoms with van der Waals surface area (Å²) in [5.41, 5.74) is -3.61. The van der Waals surface area contributed by atoms with Gasteiger partial charge in [-0.2, -0.15) is 41.3 Å². The lowest BCUT2D eigenvalue weighted by molar-refractivity contribution is -0.139. The van der Waals surface area contributed by atoms with E-state index in [0.29, 0.717) is 13.8 Å². The Kier molecular flexibility index (Phi) is 6.55. The molecule has 0 aliphatic heterocycles. The first kappa shape index (κ1) is 24.1. The van der Waals surface area contributed by atoms with E-state index in [-0.39, 0.29) is 0 Å². The van der Waals surface area contributed by atoms with Crippen molar-refractivity contribution in [2.24, 2.45) is 0 Å². The van der Waals surface area contributed by atoms with Crippen LogP contribution in [-0.2, 0) is 0 Å². The summed E-state index contributed by atoms with van der Waals surface area (Å²) >= 11 is 0. The molecule has 1 heterocycles. The summed E-state index contributed by atoms with van der Waals surface area (Å²) in [6.07, 6.45) is -12.6. The minimum Gasteiger partial charge on any atom is -0.390 e. The van der Waals surface area contributed by atoms with Crippen LogP contribution in [0.25, 0.3) is 5.57 Å². The van der Waals surface area contributed by atoms with Crippen molar-refractivity contribution in [1.82, 2.24) is 15.0 Å². The second kappa shape index (κ2) is 8.15. The van der Waals surface area contributed by atoms with Crippen molar-refractivity contribution < 1.29 is 40.2 Å². The van der Waals surface area contributed by atoms with Crippen LogP contribution in [0, 0.1) is 0 Å². The van der Waals surface area contributed by atoms with Crippen LogP contribution in [0.2, 0.25) is 0 Å². The predicted molar refractivity (Wildman–Crippen MR) is 91.0 cm³/mol. The Morgan fingerprint density at radius 2 is 1.43 bits per heavy atom. The molecule has 4 atom stereocenters. The maximum absolute atomic E-state index is 14.5. The number of alkyl halides is 7. The summed E-state index contributed by atoms with van der Waals surface area (Å²) in [5, 5.41) is 13.4. The van der Waals surface area contributed by atoms with Gasteiger partial charge in [0, 0.05) is 5.57 Å². The first-order chi connectivity index (χ1) is 13.5. The molecule has 3 N–H and O–H groups in total. The zero-order valence-corrected chi connectivity index (χ0v) is 15.5. The maximum atomic E-state index is 14.5. The molecular weight excluding hydrogens is 429 g/mol. The second-order valence-electron chi connectivity index (χ2n) is 6.75. The van der Waals surface area contributed by atoms with E-state index in [1.807, 2.05) is 10.6 Å². The van der Waals surface area contributed by atoms with Gasteiger partial charge >= 0.3 is 12.4 Å². The molecule has 2 rings (SSSR count). The Bertz CT molecular complexity index is 773. The highest BCUT2D eigenvalue weighted by atomic mass is 19.4. The molecule has 0 unspecified atom stereocenters. The molecule has 1 aliphatic carbocycles. The number of nitrogens with one attached hydrogen (secondary N) is 2. The molecule has 0 bridgehead atoms. The summed E-state index contributed by atoms with van der Waals surface area (Å²) in [6.45, 7) is 1.39. The van der Waals surface area contributed by atoms with Gasteiger partial charge in [-0.3, -0.25) is 0 Å². The highest BCUT2D eigenvalue weighted by Gasteiger charge is 2.43. The fourth-order valence-electron chi connectivity index (χ4n) is 2.38. The van der Waals surface area contributed by atoms with Gasteiger partial charge in [0.15, 0.2) is 5.82 Å². The van der Waals surface area contributed by atoms with E-state index >= 15 is 0 Å². The lowest BCUT2D eigenvalue weighted by Gasteiger charge is -2.32. The molecule has 0 saturated heterocycles. The molecule has 15 heteroatoms. The number of hydrogen-bond donors (Lipinski definition) is 3. The maximum Gasteiger partial charge on any atom is 0.408 e. The Morgan fingerprint density at radius 3 is 1.83 bits per heavy atom. The summed E-state index contributed by atoms with van der Waals surface area (Å²) in [6, 6.07) is -4.43. The monoisotopic (exact) mass is 445 g/mol. The van der Waals surface area contributed by atoms with E-state index in [9.17, 15) is 40.2 Å². The van der Waals surface area contributed by atoms with Gasteiger partial charge in [-0.25, -0.2) is 8.78 Å². The third kappa shape index (κ3) is 5.29. The number of aromatic nitrogens is 3. The van der Waals surface area contributed by atoms with Crippen molar-refractivity contribution >= 4 is 25.3 Å². The zero-order valence-electron chi connectivity index (χ0n) is 15.5. The van der Waals surface area contributed by atoms with Crippen LogP contribution in [0.5, 0.6) is 0 Å². The normalized spacial score (nSPS) is 25.1. The third-order valence-electron chi connectivity index (χ3n) is 4.32. The van der Waals surface area contributed by atoms with Crippen LogP contribution in [0.1, 0.15) is 32.5 Å². The fraction of sp³-hybridized carbons (Fsp3) is 0.667. The summed E-state index contributed by atoms with van der Waals surface area (Å²) in [7, 11) is 5.19. The highest BCUT2D eigenvalue weighted by molar-refractivity contribution is 6.17. The van der Waals surface area contributed by atoms with Gasteiger partial charge in [-0.15, -0.1) is 0 Å². The van der Waals surface area contributed by atoms with E-state index < -0.39 is 78.1 Å². The average molecular weight is 445 g/mol. The molecule has 0 saturated carbocycles. The average Bonchev–Trinajstić information content (AvgIpc) is 2.58. The van der Waals surface area contributed by atoms with Crippen molar-refractivity contribution in [3.63, 3.8) is 0 Å². The van der Waals surface area contributed by atoms with E-state index in [1.165, 1.54) is 0 Å². The van der Waals surface area contributed by atoms with Gasteiger partial charge in [0.1, 0.15) is 37.4 Å². The Labute approximate surface area is 166 Å². The topological polar surface area (TPSA) is 83.0 Å². The summed E-state index contributed by atoms with van der Waals surface area (Å²) in [4.78, 5) is 10.6. The predicted octanol–water partition coefficient (Wildman–Crippen LogP) is 3.27. The van der Waals surface area contributed by atoms with Crippen LogP contribution in [0.4, 0.5) is 47.0 Å². The lowest BCUT2D eigenvalue weighted by atomic mass is 9.70. The lowest BCUT2D eigenvalue weighted by Crippen LogP contribution is -2.44. The SMILES string of the molecule is [B][C@]1(O)C(F)=C(c2nc(N[C@H](C)C(F)(F)F)nc(N[C@H](C)C(F)(F)F)n2)CC[C@@H]1F. The van der Waals surface area contributed by atoms with Crippen LogP contribution < -0.4 is 10.6 Å². The van der Waals surface area contributed by atoms with Gasteiger partial charge in [0.05, 0.1) is 0 Å². The Morgan fingerprint density at radius 1 is 1.00 bits per heavy atom. The van der Waals surface area contributed by atoms with Gasteiger partial charge in [0.25, 0.3) is 0 Å². The molecule has 0 fully saturated rings. The second-order valence-corrected chi connectivity index (χ2v) is 6.75. The van der Waals surface area contributed by atoms with Gasteiger partial charge < -0.3 is 15.7 Å². The fourth-order valence-corrected chi connectivity index (χ4v) is 2.38. The summed E-state index contributed by atoms with van der Waals surface area (Å²) < 4.78 is 105. The smallest absolute Gasteiger partial charge is 0.390 e. The van der Waals surface area contributed by atoms with Crippen LogP contribution in [0.15, 0.2) is 5.83 Å². The Balaban J connectivity index is 2.52. The molecule has 0 aromatic carbocycles. The molecular formula is C15H16BF8N5O. The quantitative estimate of drug-likeness (QED) is 0.477. The van der Waals surface area contributed by atoms with Crippen molar-refractivity contribution in [2.75, 3.05) is 10.6 Å². The van der Waals surface area contributed by atoms with Crippen molar-refractivity contribution in [3.05, 3.63) is 11.7 Å². The van der Waals surface area contributed by atoms with E-state index in [4.69, 9.17) is 7.85 Å². The first-order valence-corrected chi connectivity index (χ1v) is 8.50. The van der Waals surface area contributed by atoms with Crippen LogP contribution >= 0.6 is 0 Å². The molecule has 1 aliphatic rings. The molecule has 0 amide bonds. The van der Waals surface area contributed by atoms with Gasteiger partial charge in [0.2, 0.25) is 11.9 Å². The molecule has 2 radical (unpaired) electrons. The van der Waals surface area contributed by atoms with E-state index in [0.717, 1.165) is 0 Å². The number of anilines is 2. The Hall–Kier alpha value is -2.19. The molecule has 1 aromatic heterocycles. The van der Waals surface area contributed by atoms with E-state index in [2.05, 4.69) is 15.0 Å². The molecule has 30 heavy (non-hydrogen) atoms. The zero-order chi connectivity index (χ0) is 23.1. The van der Waals surface area contributed by atoms with E-state index in [1.54, 1.807) is 0 Å². The minimum absolute atomic E-state index is 0.418. The number of aliphatic hydroxyl groups is 1. The number of allylic oxidation sites excluding steroid dienone is 1. The van der Waals surface area contributed by atoms with Gasteiger partial charge in [-0.1, -0.05) is 0 Å². The minimum atomic E-state index is -4.76. The van der Waals surface area contributed by atoms with Crippen LogP contribution in [0.3, 0.4) is 0 Å². The standard InChI is InChI=1S/C15H16BF8N5O/c1-5(14(19,20)21)25-11-27-10(7-3-4-8(17)13(16,30)9(7)18)28-12(29-11)26-6(2)15(22,23)24/h5-6,8,30H,3-4H2,1-2H3,(H2,25,26,27,28,29)/t5-,6-,8+,13-/m1/s1. The number of rotatable bonds is 5. The first-order valence-electron chi connectivity index (χ1n) is 8.50. The van der Waals surface area contributed by atoms with Crippen molar-refractivity contribution in [3.8, 4) is 0 Å². The molecule has 6 nitrogen and oxygen atoms in total. The molecule has 0 spiro atoms. The van der Waals surface area contributed by atoms with Crippen molar-refractivity contribution in [2.45, 2.75) is 62.8 Å². The number of hydrogen-bond acceptors (Lipinski definition) is 6. The van der Waals surface area contributed by atoms with Gasteiger partial charge in [-0.05, 0) is 26.7 Å². The van der Waals surface area contributed by atoms with Crippen LogP contribution in [-0.4, -0.2) is 64.0 Å². The third-order valence-corrected chi connectivity index (χ3v) is 4.32. The highest BCUT2D eigenvalue weighted by Crippen LogP contribution is 2.39.